The molecule has 2 N–H and O–H groups in total. The van der Waals surface area contributed by atoms with E-state index in [-0.39, 0.29) is 18.6 Å². The molecule has 0 spiro atoms. The van der Waals surface area contributed by atoms with Gasteiger partial charge in [-0.2, -0.15) is 4.98 Å². The maximum absolute atomic E-state index is 12.4. The van der Waals surface area contributed by atoms with Crippen LogP contribution >= 0.6 is 0 Å². The second-order valence-corrected chi connectivity index (χ2v) is 6.05. The fourth-order valence-electron chi connectivity index (χ4n) is 3.08. The van der Waals surface area contributed by atoms with Crippen LogP contribution in [0.15, 0.2) is 34.9 Å². The normalized spacial score (nSPS) is 18.6. The summed E-state index contributed by atoms with van der Waals surface area (Å²) < 4.78 is 4.99. The first-order valence-electron chi connectivity index (χ1n) is 8.20. The summed E-state index contributed by atoms with van der Waals surface area (Å²) in [5, 5.41) is 16.9. The van der Waals surface area contributed by atoms with Crippen LogP contribution in [0.25, 0.3) is 0 Å². The molecular weight excluding hydrogens is 308 g/mol. The quantitative estimate of drug-likeness (QED) is 0.877. The number of nitrogens with zero attached hydrogens (tertiary/aromatic N) is 3. The Labute approximate surface area is 140 Å². The van der Waals surface area contributed by atoms with Gasteiger partial charge >= 0.3 is 6.03 Å². The second-order valence-electron chi connectivity index (χ2n) is 6.05. The van der Waals surface area contributed by atoms with Crippen LogP contribution in [0.4, 0.5) is 4.79 Å². The van der Waals surface area contributed by atoms with Crippen LogP contribution in [0.5, 0.6) is 0 Å². The summed E-state index contributed by atoms with van der Waals surface area (Å²) in [4.78, 5) is 18.2. The van der Waals surface area contributed by atoms with Crippen molar-refractivity contribution in [2.75, 3.05) is 6.54 Å². The van der Waals surface area contributed by atoms with Crippen molar-refractivity contribution >= 4 is 6.03 Å². The van der Waals surface area contributed by atoms with Crippen molar-refractivity contribution in [3.8, 4) is 0 Å². The summed E-state index contributed by atoms with van der Waals surface area (Å²) in [6, 6.07) is 9.42. The van der Waals surface area contributed by atoms with E-state index in [9.17, 15) is 9.90 Å². The van der Waals surface area contributed by atoms with Crippen molar-refractivity contribution in [1.82, 2.24) is 20.4 Å². The molecule has 2 heterocycles. The van der Waals surface area contributed by atoms with E-state index < -0.39 is 6.10 Å². The zero-order valence-corrected chi connectivity index (χ0v) is 13.7. The minimum atomic E-state index is -0.566. The lowest BCUT2D eigenvalue weighted by atomic mass is 10.0. The summed E-state index contributed by atoms with van der Waals surface area (Å²) >= 11 is 0. The number of likely N-dealkylation sites (tertiary alicyclic amines) is 1. The van der Waals surface area contributed by atoms with Crippen LogP contribution in [0.3, 0.4) is 0 Å². The van der Waals surface area contributed by atoms with Gasteiger partial charge in [0.1, 0.15) is 0 Å². The van der Waals surface area contributed by atoms with Crippen LogP contribution < -0.4 is 5.32 Å². The number of aryl methyl sites for hydroxylation is 1. The molecular formula is C17H22N4O3. The van der Waals surface area contributed by atoms with Gasteiger partial charge in [-0.25, -0.2) is 4.79 Å². The Kier molecular flexibility index (Phi) is 5.10. The molecule has 128 valence electrons. The second kappa shape index (κ2) is 7.44. The molecule has 1 aromatic heterocycles. The van der Waals surface area contributed by atoms with Crippen LogP contribution in [0.1, 0.15) is 42.6 Å². The van der Waals surface area contributed by atoms with Crippen molar-refractivity contribution in [3.63, 3.8) is 0 Å². The smallest absolute Gasteiger partial charge is 0.318 e. The zero-order chi connectivity index (χ0) is 16.9. The molecule has 0 saturated carbocycles. The third kappa shape index (κ3) is 3.91. The highest BCUT2D eigenvalue weighted by atomic mass is 16.5. The predicted molar refractivity (Wildman–Crippen MR) is 87.0 cm³/mol. The number of aliphatic hydroxyl groups is 1. The summed E-state index contributed by atoms with van der Waals surface area (Å²) in [5.74, 6) is 0.935. The van der Waals surface area contributed by atoms with Crippen molar-refractivity contribution in [2.45, 2.75) is 44.9 Å². The number of aromatic nitrogens is 2. The van der Waals surface area contributed by atoms with Crippen molar-refractivity contribution in [1.29, 1.82) is 0 Å². The summed E-state index contributed by atoms with van der Waals surface area (Å²) in [6.07, 6.45) is 1.82. The molecule has 7 nitrogen and oxygen atoms in total. The van der Waals surface area contributed by atoms with E-state index in [4.69, 9.17) is 4.52 Å². The summed E-state index contributed by atoms with van der Waals surface area (Å²) in [7, 11) is 0. The average Bonchev–Trinajstić information content (AvgIpc) is 3.22. The Balaban J connectivity index is 1.55. The zero-order valence-electron chi connectivity index (χ0n) is 13.7. The molecule has 1 aliphatic heterocycles. The fourth-order valence-corrected chi connectivity index (χ4v) is 3.08. The van der Waals surface area contributed by atoms with Crippen LogP contribution in [-0.2, 0) is 6.54 Å². The molecule has 2 amide bonds. The van der Waals surface area contributed by atoms with Gasteiger partial charge in [-0.3, -0.25) is 0 Å². The first kappa shape index (κ1) is 16.4. The predicted octanol–water partition coefficient (Wildman–Crippen LogP) is 2.18. The lowest BCUT2D eigenvalue weighted by Crippen LogP contribution is -2.43. The maximum Gasteiger partial charge on any atom is 0.318 e. The Morgan fingerprint density at radius 1 is 1.46 bits per heavy atom. The minimum Gasteiger partial charge on any atom is -0.388 e. The lowest BCUT2D eigenvalue weighted by molar-refractivity contribution is 0.126. The Bertz CT molecular complexity index is 673. The number of carbonyl (C=O) groups is 1. The molecule has 0 aliphatic carbocycles. The molecule has 7 heteroatoms. The van der Waals surface area contributed by atoms with Gasteiger partial charge in [-0.1, -0.05) is 35.5 Å². The lowest BCUT2D eigenvalue weighted by Gasteiger charge is -2.26. The molecule has 2 unspecified atom stereocenters. The number of carbonyl (C=O) groups excluding carboxylic acids is 1. The number of urea groups is 1. The first-order valence-corrected chi connectivity index (χ1v) is 8.20. The number of hydrogen-bond donors (Lipinski definition) is 2. The molecule has 1 aliphatic rings. The minimum absolute atomic E-state index is 0.0321. The number of benzene rings is 1. The van der Waals surface area contributed by atoms with Gasteiger partial charge < -0.3 is 19.8 Å². The highest BCUT2D eigenvalue weighted by Crippen LogP contribution is 2.27. The van der Waals surface area contributed by atoms with Gasteiger partial charge in [0.2, 0.25) is 5.89 Å². The van der Waals surface area contributed by atoms with Gasteiger partial charge in [0, 0.05) is 12.6 Å². The molecule has 1 fully saturated rings. The number of aliphatic hydroxyl groups excluding tert-OH is 1. The van der Waals surface area contributed by atoms with E-state index in [1.165, 1.54) is 0 Å². The third-order valence-electron chi connectivity index (χ3n) is 4.28. The van der Waals surface area contributed by atoms with Crippen molar-refractivity contribution in [2.24, 2.45) is 0 Å². The molecule has 0 radical (unpaired) electrons. The van der Waals surface area contributed by atoms with Gasteiger partial charge in [0.15, 0.2) is 5.82 Å². The number of hydrogen-bond acceptors (Lipinski definition) is 5. The number of rotatable bonds is 5. The molecule has 2 aromatic rings. The molecule has 1 aromatic carbocycles. The van der Waals surface area contributed by atoms with E-state index in [0.29, 0.717) is 24.7 Å². The SMILES string of the molecule is Cc1noc(CNC(=O)N2CCCC2CC(O)c2ccccc2)n1. The summed E-state index contributed by atoms with van der Waals surface area (Å²) in [5.41, 5.74) is 0.881. The van der Waals surface area contributed by atoms with E-state index in [1.807, 2.05) is 30.3 Å². The summed E-state index contributed by atoms with van der Waals surface area (Å²) in [6.45, 7) is 2.64. The van der Waals surface area contributed by atoms with E-state index in [0.717, 1.165) is 18.4 Å². The largest absolute Gasteiger partial charge is 0.388 e. The van der Waals surface area contributed by atoms with Gasteiger partial charge in [0.05, 0.1) is 12.6 Å². The number of nitrogens with one attached hydrogen (secondary N) is 1. The van der Waals surface area contributed by atoms with Crippen LogP contribution in [0, 0.1) is 6.92 Å². The standard InChI is InChI=1S/C17H22N4O3/c1-12-19-16(24-20-12)11-18-17(23)21-9-5-8-14(21)10-15(22)13-6-3-2-4-7-13/h2-4,6-7,14-15,22H,5,8-11H2,1H3,(H,18,23). The Hall–Kier alpha value is -2.41. The van der Waals surface area contributed by atoms with Crippen molar-refractivity contribution < 1.29 is 14.4 Å². The highest BCUT2D eigenvalue weighted by molar-refractivity contribution is 5.74. The fraction of sp³-hybridized carbons (Fsp3) is 0.471. The van der Waals surface area contributed by atoms with Gasteiger partial charge in [-0.15, -0.1) is 0 Å². The van der Waals surface area contributed by atoms with Gasteiger partial charge in [0.25, 0.3) is 0 Å². The van der Waals surface area contributed by atoms with Crippen molar-refractivity contribution in [3.05, 3.63) is 47.6 Å². The third-order valence-corrected chi connectivity index (χ3v) is 4.28. The molecule has 2 atom stereocenters. The topological polar surface area (TPSA) is 91.5 Å². The van der Waals surface area contributed by atoms with Gasteiger partial charge in [-0.05, 0) is 31.7 Å². The highest BCUT2D eigenvalue weighted by Gasteiger charge is 2.30. The Morgan fingerprint density at radius 3 is 2.96 bits per heavy atom. The monoisotopic (exact) mass is 330 g/mol. The van der Waals surface area contributed by atoms with Crippen LogP contribution in [0.2, 0.25) is 0 Å². The first-order chi connectivity index (χ1) is 11.6. The van der Waals surface area contributed by atoms with E-state index >= 15 is 0 Å². The Morgan fingerprint density at radius 2 is 2.25 bits per heavy atom. The van der Waals surface area contributed by atoms with E-state index in [2.05, 4.69) is 15.5 Å². The molecule has 24 heavy (non-hydrogen) atoms. The molecule has 0 bridgehead atoms. The number of amides is 2. The maximum atomic E-state index is 12.4. The van der Waals surface area contributed by atoms with Crippen LogP contribution in [-0.4, -0.2) is 38.8 Å². The van der Waals surface area contributed by atoms with E-state index in [1.54, 1.807) is 11.8 Å². The molecule has 3 rings (SSSR count). The molecule has 1 saturated heterocycles. The average molecular weight is 330 g/mol.